The fraction of sp³-hybridized carbons (Fsp3) is 0.647. The molecule has 1 aliphatic carbocycles. The molecule has 0 aromatic heterocycles. The van der Waals surface area contributed by atoms with Crippen LogP contribution in [0.5, 0.6) is 5.75 Å². The molecule has 1 aliphatic rings. The molecule has 0 saturated heterocycles. The van der Waals surface area contributed by atoms with Crippen LogP contribution in [-0.4, -0.2) is 13.2 Å². The zero-order valence-corrected chi connectivity index (χ0v) is 14.5. The van der Waals surface area contributed by atoms with Crippen molar-refractivity contribution < 1.29 is 4.74 Å². The fourth-order valence-corrected chi connectivity index (χ4v) is 3.80. The summed E-state index contributed by atoms with van der Waals surface area (Å²) in [4.78, 5) is 0. The summed E-state index contributed by atoms with van der Waals surface area (Å²) in [6, 6.07) is 6.51. The SMILES string of the molecule is COc1ccc(Br)cc1CC(NN)C1CCCCCCC1. The third-order valence-electron chi connectivity index (χ3n) is 4.62. The van der Waals surface area contributed by atoms with Gasteiger partial charge in [-0.2, -0.15) is 0 Å². The maximum absolute atomic E-state index is 5.87. The second-order valence-corrected chi connectivity index (χ2v) is 6.95. The van der Waals surface area contributed by atoms with Crippen molar-refractivity contribution in [2.75, 3.05) is 7.11 Å². The van der Waals surface area contributed by atoms with Gasteiger partial charge in [-0.25, -0.2) is 0 Å². The zero-order chi connectivity index (χ0) is 15.1. The van der Waals surface area contributed by atoms with Crippen LogP contribution in [0.1, 0.15) is 50.5 Å². The van der Waals surface area contributed by atoms with Crippen LogP contribution in [0, 0.1) is 5.92 Å². The number of hydrogen-bond acceptors (Lipinski definition) is 3. The molecule has 1 aromatic rings. The molecule has 0 aliphatic heterocycles. The van der Waals surface area contributed by atoms with Gasteiger partial charge >= 0.3 is 0 Å². The summed E-state index contributed by atoms with van der Waals surface area (Å²) < 4.78 is 6.58. The molecule has 1 fully saturated rings. The van der Waals surface area contributed by atoms with Gasteiger partial charge in [0, 0.05) is 10.5 Å². The van der Waals surface area contributed by atoms with Crippen LogP contribution in [0.25, 0.3) is 0 Å². The van der Waals surface area contributed by atoms with E-state index in [0.717, 1.165) is 16.6 Å². The molecule has 1 unspecified atom stereocenters. The van der Waals surface area contributed by atoms with Gasteiger partial charge in [0.15, 0.2) is 0 Å². The Kier molecular flexibility index (Phi) is 7.00. The van der Waals surface area contributed by atoms with Crippen LogP contribution in [0.15, 0.2) is 22.7 Å². The maximum atomic E-state index is 5.87. The molecule has 0 amide bonds. The first-order valence-corrected chi connectivity index (χ1v) is 8.82. The van der Waals surface area contributed by atoms with Crippen LogP contribution in [0.2, 0.25) is 0 Å². The largest absolute Gasteiger partial charge is 0.496 e. The molecule has 2 rings (SSSR count). The van der Waals surface area contributed by atoms with E-state index in [1.54, 1.807) is 7.11 Å². The van der Waals surface area contributed by atoms with E-state index in [-0.39, 0.29) is 0 Å². The molecule has 0 spiro atoms. The Morgan fingerprint density at radius 2 is 1.90 bits per heavy atom. The Bertz CT molecular complexity index is 431. The topological polar surface area (TPSA) is 47.3 Å². The van der Waals surface area contributed by atoms with E-state index in [4.69, 9.17) is 10.6 Å². The third kappa shape index (κ3) is 4.97. The zero-order valence-electron chi connectivity index (χ0n) is 12.9. The molecule has 1 atom stereocenters. The number of methoxy groups -OCH3 is 1. The third-order valence-corrected chi connectivity index (χ3v) is 5.11. The molecule has 0 radical (unpaired) electrons. The van der Waals surface area contributed by atoms with Gasteiger partial charge in [-0.05, 0) is 48.9 Å². The van der Waals surface area contributed by atoms with Crippen LogP contribution in [0.3, 0.4) is 0 Å². The first kappa shape index (κ1) is 16.8. The molecular weight excluding hydrogens is 328 g/mol. The van der Waals surface area contributed by atoms with Gasteiger partial charge in [0.25, 0.3) is 0 Å². The van der Waals surface area contributed by atoms with Crippen molar-refractivity contribution in [3.63, 3.8) is 0 Å². The average molecular weight is 355 g/mol. The van der Waals surface area contributed by atoms with Crippen molar-refractivity contribution in [2.45, 2.75) is 57.4 Å². The molecular formula is C17H27BrN2O. The minimum atomic E-state index is 0.325. The predicted octanol–water partition coefficient (Wildman–Crippen LogP) is 4.19. The fourth-order valence-electron chi connectivity index (χ4n) is 3.40. The molecule has 0 bridgehead atoms. The summed E-state index contributed by atoms with van der Waals surface area (Å²) in [7, 11) is 1.73. The standard InChI is InChI=1S/C17H27BrN2O/c1-21-17-10-9-15(18)11-14(17)12-16(20-19)13-7-5-3-2-4-6-8-13/h9-11,13,16,20H,2-8,12,19H2,1H3. The summed E-state index contributed by atoms with van der Waals surface area (Å²) in [6.45, 7) is 0. The number of nitrogens with one attached hydrogen (secondary N) is 1. The van der Waals surface area contributed by atoms with Crippen molar-refractivity contribution in [3.8, 4) is 5.75 Å². The molecule has 0 heterocycles. The predicted molar refractivity (Wildman–Crippen MR) is 91.3 cm³/mol. The molecule has 118 valence electrons. The number of ether oxygens (including phenoxy) is 1. The van der Waals surface area contributed by atoms with Gasteiger partial charge in [0.1, 0.15) is 5.75 Å². The highest BCUT2D eigenvalue weighted by atomic mass is 79.9. The van der Waals surface area contributed by atoms with E-state index in [2.05, 4.69) is 27.4 Å². The Morgan fingerprint density at radius 3 is 2.52 bits per heavy atom. The van der Waals surface area contributed by atoms with Crippen molar-refractivity contribution in [1.29, 1.82) is 0 Å². The lowest BCUT2D eigenvalue weighted by molar-refractivity contribution is 0.283. The highest BCUT2D eigenvalue weighted by Crippen LogP contribution is 2.29. The molecule has 1 saturated carbocycles. The van der Waals surface area contributed by atoms with Gasteiger partial charge in [-0.1, -0.05) is 48.0 Å². The van der Waals surface area contributed by atoms with E-state index >= 15 is 0 Å². The molecule has 3 nitrogen and oxygen atoms in total. The molecule has 1 aromatic carbocycles. The van der Waals surface area contributed by atoms with Crippen LogP contribution in [0.4, 0.5) is 0 Å². The van der Waals surface area contributed by atoms with Crippen molar-refractivity contribution in [3.05, 3.63) is 28.2 Å². The summed E-state index contributed by atoms with van der Waals surface area (Å²) in [5.41, 5.74) is 4.29. The number of benzene rings is 1. The van der Waals surface area contributed by atoms with E-state index in [0.29, 0.717) is 12.0 Å². The number of halogens is 1. The van der Waals surface area contributed by atoms with Gasteiger partial charge in [-0.3, -0.25) is 11.3 Å². The maximum Gasteiger partial charge on any atom is 0.122 e. The van der Waals surface area contributed by atoms with Crippen molar-refractivity contribution in [1.82, 2.24) is 5.43 Å². The molecule has 3 N–H and O–H groups in total. The number of nitrogens with two attached hydrogens (primary N) is 1. The van der Waals surface area contributed by atoms with Gasteiger partial charge in [-0.15, -0.1) is 0 Å². The summed E-state index contributed by atoms with van der Waals surface area (Å²) in [5.74, 6) is 7.48. The number of hydrazine groups is 1. The Hall–Kier alpha value is -0.580. The average Bonchev–Trinajstić information content (AvgIpc) is 2.45. The summed E-state index contributed by atoms with van der Waals surface area (Å²) >= 11 is 3.55. The van der Waals surface area contributed by atoms with Crippen molar-refractivity contribution in [2.24, 2.45) is 11.8 Å². The lowest BCUT2D eigenvalue weighted by Gasteiger charge is -2.28. The van der Waals surface area contributed by atoms with Crippen LogP contribution < -0.4 is 16.0 Å². The highest BCUT2D eigenvalue weighted by molar-refractivity contribution is 9.10. The van der Waals surface area contributed by atoms with E-state index < -0.39 is 0 Å². The Morgan fingerprint density at radius 1 is 1.24 bits per heavy atom. The van der Waals surface area contributed by atoms with E-state index in [9.17, 15) is 0 Å². The first-order valence-electron chi connectivity index (χ1n) is 8.03. The lowest BCUT2D eigenvalue weighted by atomic mass is 9.83. The minimum absolute atomic E-state index is 0.325. The van der Waals surface area contributed by atoms with Gasteiger partial charge < -0.3 is 4.74 Å². The second-order valence-electron chi connectivity index (χ2n) is 6.04. The minimum Gasteiger partial charge on any atom is -0.496 e. The smallest absolute Gasteiger partial charge is 0.122 e. The summed E-state index contributed by atoms with van der Waals surface area (Å²) in [5, 5.41) is 0. The lowest BCUT2D eigenvalue weighted by Crippen LogP contribution is -2.42. The van der Waals surface area contributed by atoms with Gasteiger partial charge in [0.05, 0.1) is 7.11 Å². The normalized spacial score (nSPS) is 18.8. The summed E-state index contributed by atoms with van der Waals surface area (Å²) in [6.07, 6.45) is 10.3. The monoisotopic (exact) mass is 354 g/mol. The van der Waals surface area contributed by atoms with Crippen LogP contribution >= 0.6 is 15.9 Å². The van der Waals surface area contributed by atoms with Crippen LogP contribution in [-0.2, 0) is 6.42 Å². The number of rotatable bonds is 5. The first-order chi connectivity index (χ1) is 10.2. The van der Waals surface area contributed by atoms with Crippen molar-refractivity contribution >= 4 is 15.9 Å². The number of hydrogen-bond donors (Lipinski definition) is 2. The highest BCUT2D eigenvalue weighted by Gasteiger charge is 2.22. The quantitative estimate of drug-likeness (QED) is 0.615. The molecule has 21 heavy (non-hydrogen) atoms. The van der Waals surface area contributed by atoms with E-state index in [1.165, 1.54) is 50.5 Å². The molecule has 4 heteroatoms. The Balaban J connectivity index is 2.08. The Labute approximate surface area is 136 Å². The second kappa shape index (κ2) is 8.76. The van der Waals surface area contributed by atoms with E-state index in [1.807, 2.05) is 12.1 Å². The van der Waals surface area contributed by atoms with Gasteiger partial charge in [0.2, 0.25) is 0 Å².